The smallest absolute Gasteiger partial charge is 0.224 e. The number of hydrogen-bond acceptors (Lipinski definition) is 1. The first-order valence-electron chi connectivity index (χ1n) is 11.6. The molecule has 0 aliphatic carbocycles. The zero-order valence-corrected chi connectivity index (χ0v) is 17.8. The highest BCUT2D eigenvalue weighted by Gasteiger charge is 2.05. The molecular weight excluding hydrogens is 342 g/mol. The number of unbranched alkanes of at least 4 members (excludes halogenated alkanes) is 12. The van der Waals surface area contributed by atoms with Gasteiger partial charge < -0.3 is 5.32 Å². The number of carbonyl (C=O) groups excluding carboxylic acids is 1. The molecule has 0 aromatic heterocycles. The van der Waals surface area contributed by atoms with Crippen molar-refractivity contribution in [2.45, 2.75) is 96.8 Å². The minimum atomic E-state index is 0.138. The molecule has 28 heavy (non-hydrogen) atoms. The van der Waals surface area contributed by atoms with Crippen molar-refractivity contribution < 1.29 is 4.79 Å². The summed E-state index contributed by atoms with van der Waals surface area (Å²) in [5, 5.41) is 5.37. The molecule has 0 saturated heterocycles. The Morgan fingerprint density at radius 1 is 0.679 bits per heavy atom. The van der Waals surface area contributed by atoms with Crippen molar-refractivity contribution in [3.8, 4) is 0 Å². The zero-order valence-electron chi connectivity index (χ0n) is 17.8. The predicted octanol–water partition coefficient (Wildman–Crippen LogP) is 8.26. The topological polar surface area (TPSA) is 29.1 Å². The van der Waals surface area contributed by atoms with Gasteiger partial charge in [0.25, 0.3) is 0 Å². The number of hydrogen-bond donors (Lipinski definition) is 1. The van der Waals surface area contributed by atoms with Crippen molar-refractivity contribution in [3.05, 3.63) is 42.5 Å². The molecule has 0 bridgehead atoms. The van der Waals surface area contributed by atoms with Crippen LogP contribution in [0, 0.1) is 0 Å². The van der Waals surface area contributed by atoms with E-state index >= 15 is 0 Å². The molecule has 0 fully saturated rings. The minimum Gasteiger partial charge on any atom is -0.326 e. The van der Waals surface area contributed by atoms with Gasteiger partial charge in [-0.25, -0.2) is 0 Å². The van der Waals surface area contributed by atoms with Gasteiger partial charge in [0.1, 0.15) is 0 Å². The molecule has 2 rings (SSSR count). The van der Waals surface area contributed by atoms with Crippen molar-refractivity contribution in [2.75, 3.05) is 5.32 Å². The van der Waals surface area contributed by atoms with Crippen LogP contribution >= 0.6 is 0 Å². The van der Waals surface area contributed by atoms with Crippen LogP contribution in [0.15, 0.2) is 42.5 Å². The third-order valence-electron chi connectivity index (χ3n) is 5.57. The zero-order chi connectivity index (χ0) is 19.9. The van der Waals surface area contributed by atoms with Gasteiger partial charge in [0.05, 0.1) is 0 Å². The van der Waals surface area contributed by atoms with Crippen molar-refractivity contribution >= 4 is 22.4 Å². The number of nitrogens with one attached hydrogen (secondary N) is 1. The first-order valence-corrected chi connectivity index (χ1v) is 11.6. The summed E-state index contributed by atoms with van der Waals surface area (Å²) in [6, 6.07) is 14.3. The number of rotatable bonds is 15. The van der Waals surface area contributed by atoms with Gasteiger partial charge in [0.2, 0.25) is 5.91 Å². The number of anilines is 1. The first-order chi connectivity index (χ1) is 13.8. The van der Waals surface area contributed by atoms with E-state index in [0.717, 1.165) is 17.5 Å². The second-order valence-corrected chi connectivity index (χ2v) is 8.07. The molecule has 0 atom stereocenters. The first kappa shape index (κ1) is 22.5. The lowest BCUT2D eigenvalue weighted by Gasteiger charge is -2.08. The summed E-state index contributed by atoms with van der Waals surface area (Å²) in [5.41, 5.74) is 0.929. The van der Waals surface area contributed by atoms with E-state index in [1.165, 1.54) is 82.4 Å². The summed E-state index contributed by atoms with van der Waals surface area (Å²) in [7, 11) is 0. The van der Waals surface area contributed by atoms with Gasteiger partial charge in [0.15, 0.2) is 0 Å². The highest BCUT2D eigenvalue weighted by Crippen LogP contribution is 2.23. The number of benzene rings is 2. The monoisotopic (exact) mass is 381 g/mol. The second kappa shape index (κ2) is 14.2. The number of fused-ring (bicyclic) bond motifs is 1. The van der Waals surface area contributed by atoms with Gasteiger partial charge in [-0.05, 0) is 17.9 Å². The molecule has 0 unspecified atom stereocenters. The van der Waals surface area contributed by atoms with E-state index in [1.807, 2.05) is 24.3 Å². The van der Waals surface area contributed by atoms with Gasteiger partial charge in [0, 0.05) is 17.5 Å². The fourth-order valence-corrected chi connectivity index (χ4v) is 3.85. The Bertz CT molecular complexity index is 674. The average molecular weight is 382 g/mol. The van der Waals surface area contributed by atoms with Gasteiger partial charge in [-0.3, -0.25) is 4.79 Å². The molecule has 1 N–H and O–H groups in total. The highest BCUT2D eigenvalue weighted by atomic mass is 16.1. The van der Waals surface area contributed by atoms with Crippen LogP contribution in [-0.4, -0.2) is 5.91 Å². The Hall–Kier alpha value is -1.83. The van der Waals surface area contributed by atoms with Crippen molar-refractivity contribution in [2.24, 2.45) is 0 Å². The van der Waals surface area contributed by atoms with E-state index in [0.29, 0.717) is 6.42 Å². The fourth-order valence-electron chi connectivity index (χ4n) is 3.85. The van der Waals surface area contributed by atoms with E-state index in [1.54, 1.807) is 0 Å². The molecule has 2 aromatic carbocycles. The van der Waals surface area contributed by atoms with E-state index in [2.05, 4.69) is 30.4 Å². The Morgan fingerprint density at radius 3 is 1.86 bits per heavy atom. The van der Waals surface area contributed by atoms with Gasteiger partial charge in [-0.2, -0.15) is 0 Å². The van der Waals surface area contributed by atoms with Crippen LogP contribution in [-0.2, 0) is 4.79 Å². The second-order valence-electron chi connectivity index (χ2n) is 8.07. The Balaban J connectivity index is 1.47. The summed E-state index contributed by atoms with van der Waals surface area (Å²) >= 11 is 0. The van der Waals surface area contributed by atoms with E-state index in [4.69, 9.17) is 0 Å². The average Bonchev–Trinajstić information content (AvgIpc) is 2.72. The lowest BCUT2D eigenvalue weighted by Crippen LogP contribution is -2.11. The van der Waals surface area contributed by atoms with E-state index in [9.17, 15) is 4.79 Å². The molecule has 0 aliphatic heterocycles. The van der Waals surface area contributed by atoms with Crippen molar-refractivity contribution in [1.29, 1.82) is 0 Å². The summed E-state index contributed by atoms with van der Waals surface area (Å²) in [6.45, 7) is 2.28. The predicted molar refractivity (Wildman–Crippen MR) is 123 cm³/mol. The fraction of sp³-hybridized carbons (Fsp3) is 0.577. The van der Waals surface area contributed by atoms with Gasteiger partial charge in [-0.1, -0.05) is 120 Å². The third-order valence-corrected chi connectivity index (χ3v) is 5.57. The van der Waals surface area contributed by atoms with Crippen LogP contribution in [0.4, 0.5) is 5.69 Å². The van der Waals surface area contributed by atoms with Crippen LogP contribution < -0.4 is 5.32 Å². The van der Waals surface area contributed by atoms with Crippen molar-refractivity contribution in [1.82, 2.24) is 0 Å². The minimum absolute atomic E-state index is 0.138. The van der Waals surface area contributed by atoms with E-state index < -0.39 is 0 Å². The lowest BCUT2D eigenvalue weighted by molar-refractivity contribution is -0.116. The Labute approximate surface area is 172 Å². The largest absolute Gasteiger partial charge is 0.326 e. The summed E-state index contributed by atoms with van der Waals surface area (Å²) in [4.78, 5) is 12.2. The summed E-state index contributed by atoms with van der Waals surface area (Å²) < 4.78 is 0. The van der Waals surface area contributed by atoms with Crippen LogP contribution in [0.1, 0.15) is 96.8 Å². The third kappa shape index (κ3) is 8.91. The molecule has 0 spiro atoms. The van der Waals surface area contributed by atoms with Crippen molar-refractivity contribution in [3.63, 3.8) is 0 Å². The molecule has 2 nitrogen and oxygen atoms in total. The Kier molecular flexibility index (Phi) is 11.4. The highest BCUT2D eigenvalue weighted by molar-refractivity contribution is 6.02. The standard InChI is InChI=1S/C26H39NO/c1-2-3-4-5-6-7-8-9-10-11-12-13-14-22-26(28)27-25-21-17-19-23-18-15-16-20-24(23)25/h15-21H,2-14,22H2,1H3,(H,27,28). The number of carbonyl (C=O) groups is 1. The molecule has 0 saturated carbocycles. The van der Waals surface area contributed by atoms with Crippen LogP contribution in [0.25, 0.3) is 10.8 Å². The molecule has 1 amide bonds. The van der Waals surface area contributed by atoms with Crippen LogP contribution in [0.3, 0.4) is 0 Å². The Morgan fingerprint density at radius 2 is 1.21 bits per heavy atom. The molecule has 0 aliphatic rings. The molecule has 2 aromatic rings. The summed E-state index contributed by atoms with van der Waals surface area (Å²) in [5.74, 6) is 0.138. The molecule has 0 radical (unpaired) electrons. The molecule has 154 valence electrons. The summed E-state index contributed by atoms with van der Waals surface area (Å²) in [6.07, 6.45) is 17.9. The number of amides is 1. The lowest BCUT2D eigenvalue weighted by atomic mass is 10.0. The molecule has 2 heteroatoms. The molecular formula is C26H39NO. The van der Waals surface area contributed by atoms with Gasteiger partial charge in [-0.15, -0.1) is 0 Å². The SMILES string of the molecule is CCCCCCCCCCCCCCCC(=O)Nc1cccc2ccccc12. The normalized spacial score (nSPS) is 11.0. The quantitative estimate of drug-likeness (QED) is 0.309. The van der Waals surface area contributed by atoms with Crippen LogP contribution in [0.2, 0.25) is 0 Å². The molecule has 0 heterocycles. The maximum Gasteiger partial charge on any atom is 0.224 e. The van der Waals surface area contributed by atoms with Gasteiger partial charge >= 0.3 is 0 Å². The maximum absolute atomic E-state index is 12.2. The van der Waals surface area contributed by atoms with Crippen LogP contribution in [0.5, 0.6) is 0 Å². The maximum atomic E-state index is 12.2. The van der Waals surface area contributed by atoms with E-state index in [-0.39, 0.29) is 5.91 Å².